The van der Waals surface area contributed by atoms with Crippen LogP contribution >= 0.6 is 0 Å². The molecule has 1 amide bonds. The number of amides is 1. The van der Waals surface area contributed by atoms with E-state index in [1.54, 1.807) is 33.3 Å². The Morgan fingerprint density at radius 1 is 0.909 bits per heavy atom. The summed E-state index contributed by atoms with van der Waals surface area (Å²) in [6.45, 7) is 10.4. The first-order chi connectivity index (χ1) is 10.4. The van der Waals surface area contributed by atoms with Crippen LogP contribution in [-0.4, -0.2) is 52.7 Å². The smallest absolute Gasteiger partial charge is 0.302 e. The minimum atomic E-state index is -0.245. The van der Waals surface area contributed by atoms with Crippen molar-refractivity contribution >= 4 is 24.3 Å². The van der Waals surface area contributed by atoms with Crippen LogP contribution in [0.25, 0.3) is 0 Å². The van der Waals surface area contributed by atoms with E-state index in [9.17, 15) is 9.59 Å². The zero-order valence-corrected chi connectivity index (χ0v) is 15.6. The van der Waals surface area contributed by atoms with E-state index in [2.05, 4.69) is 30.0 Å². The molecule has 0 aromatic carbocycles. The molecular weight excluding hydrogens is 290 g/mol. The molecule has 0 unspecified atom stereocenters. The summed E-state index contributed by atoms with van der Waals surface area (Å²) >= 11 is 0. The lowest BCUT2D eigenvalue weighted by Crippen LogP contribution is -2.11. The molecule has 0 spiro atoms. The van der Waals surface area contributed by atoms with Crippen LogP contribution in [0, 0.1) is 0 Å². The van der Waals surface area contributed by atoms with Crippen molar-refractivity contribution in [3.63, 3.8) is 0 Å². The molecule has 0 bridgehead atoms. The van der Waals surface area contributed by atoms with E-state index >= 15 is 0 Å². The van der Waals surface area contributed by atoms with Gasteiger partial charge in [0.1, 0.15) is 14.2 Å². The molecule has 1 N–H and O–H groups in total. The van der Waals surface area contributed by atoms with Crippen LogP contribution in [0.5, 0.6) is 0 Å². The Balaban J connectivity index is -0.0000000562. The van der Waals surface area contributed by atoms with Gasteiger partial charge in [0, 0.05) is 33.3 Å². The maximum absolute atomic E-state index is 9.70. The first-order valence-electron chi connectivity index (χ1n) is 6.62. The number of carbonyl (C=O) groups excluding carboxylic acids is 2. The van der Waals surface area contributed by atoms with Crippen LogP contribution in [0.2, 0.25) is 0 Å². The molecule has 22 heavy (non-hydrogen) atoms. The first kappa shape index (κ1) is 32.0. The number of hydrogen-bond acceptors (Lipinski definition) is 7. The Morgan fingerprint density at radius 2 is 1.14 bits per heavy atom. The van der Waals surface area contributed by atoms with Crippen molar-refractivity contribution in [3.8, 4) is 0 Å². The fraction of sp³-hybridized carbons (Fsp3) is 0.714. The van der Waals surface area contributed by atoms with E-state index in [-0.39, 0.29) is 11.9 Å². The lowest BCUT2D eigenvalue weighted by molar-refractivity contribution is -0.137. The largest absolute Gasteiger partial charge is 0.469 e. The summed E-state index contributed by atoms with van der Waals surface area (Å²) in [6.07, 6.45) is 3.17. The maximum atomic E-state index is 9.70. The Hall–Kier alpha value is -2.12. The highest BCUT2D eigenvalue weighted by molar-refractivity contribution is 5.72. The van der Waals surface area contributed by atoms with Crippen LogP contribution < -0.4 is 5.32 Å². The summed E-state index contributed by atoms with van der Waals surface area (Å²) in [6, 6.07) is 0. The monoisotopic (exact) mass is 323 g/mol. The van der Waals surface area contributed by atoms with Gasteiger partial charge in [-0.1, -0.05) is 13.8 Å². The minimum Gasteiger partial charge on any atom is -0.469 e. The second-order valence-electron chi connectivity index (χ2n) is 2.59. The standard InChI is InChI=1S/3C3H7NO.C3H6O2.C2H6/c2*1-3-4-5-2;1-3(5)4-2;1-3(4)5-2;1-2/h2*3H,1-2H3;1-2H3,(H,4,5);1-2H3;1-2H3. The second-order valence-corrected chi connectivity index (χ2v) is 2.59. The highest BCUT2D eigenvalue weighted by Crippen LogP contribution is 1.60. The highest BCUT2D eigenvalue weighted by Gasteiger charge is 1.75. The number of ether oxygens (including phenoxy) is 1. The second kappa shape index (κ2) is 42.8. The van der Waals surface area contributed by atoms with E-state index in [1.165, 1.54) is 35.2 Å². The van der Waals surface area contributed by atoms with Crippen molar-refractivity contribution in [1.29, 1.82) is 0 Å². The van der Waals surface area contributed by atoms with Gasteiger partial charge in [-0.2, -0.15) is 0 Å². The number of carbonyl (C=O) groups is 2. The predicted octanol–water partition coefficient (Wildman–Crippen LogP) is 2.23. The molecule has 8 heteroatoms. The molecule has 134 valence electrons. The molecule has 0 saturated heterocycles. The van der Waals surface area contributed by atoms with Crippen molar-refractivity contribution in [3.05, 3.63) is 0 Å². The number of nitrogens with one attached hydrogen (secondary N) is 1. The number of hydrogen-bond donors (Lipinski definition) is 1. The molecule has 0 rings (SSSR count). The van der Waals surface area contributed by atoms with Crippen molar-refractivity contribution < 1.29 is 24.0 Å². The Morgan fingerprint density at radius 3 is 1.14 bits per heavy atom. The van der Waals surface area contributed by atoms with E-state index in [1.807, 2.05) is 13.8 Å². The van der Waals surface area contributed by atoms with Gasteiger partial charge < -0.3 is 19.7 Å². The van der Waals surface area contributed by atoms with Gasteiger partial charge in [0.25, 0.3) is 0 Å². The van der Waals surface area contributed by atoms with Gasteiger partial charge in [-0.15, -0.1) is 10.3 Å². The number of nitrogens with zero attached hydrogens (tertiary/aromatic N) is 2. The van der Waals surface area contributed by atoms with E-state index in [4.69, 9.17) is 0 Å². The third-order valence-corrected chi connectivity index (χ3v) is 1.06. The third kappa shape index (κ3) is 147. The number of esters is 1. The average molecular weight is 323 g/mol. The summed E-state index contributed by atoms with van der Waals surface area (Å²) < 4.78 is 4.11. The molecule has 0 aliphatic carbocycles. The van der Waals surface area contributed by atoms with Crippen LogP contribution in [0.4, 0.5) is 0 Å². The van der Waals surface area contributed by atoms with Crippen LogP contribution in [0.1, 0.15) is 41.5 Å². The normalized spacial score (nSPS) is 7.55. The maximum Gasteiger partial charge on any atom is 0.302 e. The third-order valence-electron chi connectivity index (χ3n) is 1.06. The van der Waals surface area contributed by atoms with Gasteiger partial charge in [-0.3, -0.25) is 9.59 Å². The fourth-order valence-electron chi connectivity index (χ4n) is 0.211. The van der Waals surface area contributed by atoms with Gasteiger partial charge >= 0.3 is 5.97 Å². The zero-order valence-electron chi connectivity index (χ0n) is 15.6. The Bertz CT molecular complexity index is 231. The summed E-state index contributed by atoms with van der Waals surface area (Å²) in [4.78, 5) is 27.8. The Labute approximate surface area is 134 Å². The molecule has 0 aromatic heterocycles. The molecule has 0 aliphatic heterocycles. The van der Waals surface area contributed by atoms with Gasteiger partial charge in [0.2, 0.25) is 5.91 Å². The summed E-state index contributed by atoms with van der Waals surface area (Å²) in [5, 5.41) is 9.08. The van der Waals surface area contributed by atoms with Crippen molar-refractivity contribution in [1.82, 2.24) is 5.32 Å². The molecular formula is C14H33N3O5. The van der Waals surface area contributed by atoms with Crippen molar-refractivity contribution in [2.75, 3.05) is 28.4 Å². The van der Waals surface area contributed by atoms with E-state index < -0.39 is 0 Å². The zero-order chi connectivity index (χ0) is 18.8. The molecule has 0 fully saturated rings. The quantitative estimate of drug-likeness (QED) is 0.477. The number of methoxy groups -OCH3 is 1. The topological polar surface area (TPSA) is 98.6 Å². The van der Waals surface area contributed by atoms with Crippen LogP contribution in [0.3, 0.4) is 0 Å². The van der Waals surface area contributed by atoms with Gasteiger partial charge in [0.05, 0.1) is 7.11 Å². The minimum absolute atomic E-state index is 0.00463. The van der Waals surface area contributed by atoms with Gasteiger partial charge in [-0.25, -0.2) is 0 Å². The average Bonchev–Trinajstić information content (AvgIpc) is 2.52. The van der Waals surface area contributed by atoms with Crippen LogP contribution in [-0.2, 0) is 24.0 Å². The summed E-state index contributed by atoms with van der Waals surface area (Å²) in [5.74, 6) is -0.241. The molecule has 0 radical (unpaired) electrons. The number of rotatable bonds is 2. The fourth-order valence-corrected chi connectivity index (χ4v) is 0.211. The number of oxime groups is 2. The lowest BCUT2D eigenvalue weighted by atomic mass is 10.7. The summed E-state index contributed by atoms with van der Waals surface area (Å²) in [7, 11) is 5.98. The molecule has 0 heterocycles. The van der Waals surface area contributed by atoms with E-state index in [0.29, 0.717) is 0 Å². The Kier molecular flexibility index (Phi) is 62.2. The lowest BCUT2D eigenvalue weighted by Gasteiger charge is -1.80. The SMILES string of the molecule is CC.CC=NOC.CC=NOC.CNC(C)=O.COC(C)=O. The first-order valence-corrected chi connectivity index (χ1v) is 6.62. The molecule has 0 aliphatic rings. The molecule has 0 saturated carbocycles. The van der Waals surface area contributed by atoms with Crippen LogP contribution in [0.15, 0.2) is 10.3 Å². The highest BCUT2D eigenvalue weighted by atomic mass is 16.6. The van der Waals surface area contributed by atoms with Gasteiger partial charge in [-0.05, 0) is 13.8 Å². The van der Waals surface area contributed by atoms with Crippen molar-refractivity contribution in [2.45, 2.75) is 41.5 Å². The summed E-state index contributed by atoms with van der Waals surface area (Å²) in [5.41, 5.74) is 0. The molecule has 8 nitrogen and oxygen atoms in total. The molecule has 0 aromatic rings. The van der Waals surface area contributed by atoms with E-state index in [0.717, 1.165) is 0 Å². The molecule has 0 atom stereocenters. The van der Waals surface area contributed by atoms with Gasteiger partial charge in [0.15, 0.2) is 0 Å². The predicted molar refractivity (Wildman–Crippen MR) is 91.1 cm³/mol. The van der Waals surface area contributed by atoms with Crippen molar-refractivity contribution in [2.24, 2.45) is 10.3 Å².